The number of alkyl halides is 1. The highest BCUT2D eigenvalue weighted by Gasteiger charge is 2.39. The number of hydrogen-bond acceptors (Lipinski definition) is 3. The van der Waals surface area contributed by atoms with Crippen molar-refractivity contribution in [3.05, 3.63) is 29.8 Å². The summed E-state index contributed by atoms with van der Waals surface area (Å²) in [5.41, 5.74) is 5.34. The Morgan fingerprint density at radius 2 is 1.94 bits per heavy atom. The van der Waals surface area contributed by atoms with Crippen LogP contribution in [0.15, 0.2) is 24.3 Å². The lowest BCUT2D eigenvalue weighted by Gasteiger charge is -2.29. The predicted molar refractivity (Wildman–Crippen MR) is 66.3 cm³/mol. The second kappa shape index (κ2) is 4.29. The number of halogens is 1. The Balaban J connectivity index is 2.14. The summed E-state index contributed by atoms with van der Waals surface area (Å²) < 4.78 is 37.3. The zero-order valence-corrected chi connectivity index (χ0v) is 10.3. The smallest absolute Gasteiger partial charge is 0.153 e. The van der Waals surface area contributed by atoms with Crippen LogP contribution in [0.1, 0.15) is 18.4 Å². The standard InChI is InChI=1S/C12H16FNO2S/c13-12(6-1-7-17(15,16)9-12)8-10-2-4-11(14)5-3-10/h2-5H,1,6-9,14H2. The van der Waals surface area contributed by atoms with E-state index in [1.165, 1.54) is 0 Å². The zero-order chi connectivity index (χ0) is 12.5. The van der Waals surface area contributed by atoms with Crippen LogP contribution < -0.4 is 5.73 Å². The molecule has 0 amide bonds. The molecule has 1 atom stereocenters. The highest BCUT2D eigenvalue weighted by molar-refractivity contribution is 7.91. The minimum atomic E-state index is -3.22. The maximum atomic E-state index is 14.4. The molecule has 3 nitrogen and oxygen atoms in total. The fraction of sp³-hybridized carbons (Fsp3) is 0.500. The van der Waals surface area contributed by atoms with E-state index in [2.05, 4.69) is 0 Å². The molecular weight excluding hydrogens is 241 g/mol. The molecule has 1 heterocycles. The highest BCUT2D eigenvalue weighted by Crippen LogP contribution is 2.30. The van der Waals surface area contributed by atoms with Crippen LogP contribution in [0.4, 0.5) is 10.1 Å². The predicted octanol–water partition coefficient (Wildman–Crippen LogP) is 1.73. The molecule has 0 bridgehead atoms. The molecule has 1 unspecified atom stereocenters. The van der Waals surface area contributed by atoms with Crippen LogP contribution in [0, 0.1) is 0 Å². The number of benzene rings is 1. The van der Waals surface area contributed by atoms with E-state index >= 15 is 0 Å². The molecule has 17 heavy (non-hydrogen) atoms. The first-order valence-electron chi connectivity index (χ1n) is 5.62. The van der Waals surface area contributed by atoms with E-state index in [1.54, 1.807) is 24.3 Å². The number of rotatable bonds is 2. The Hall–Kier alpha value is -1.10. The van der Waals surface area contributed by atoms with E-state index in [0.29, 0.717) is 18.5 Å². The molecule has 0 saturated carbocycles. The third-order valence-corrected chi connectivity index (χ3v) is 4.93. The van der Waals surface area contributed by atoms with Crippen molar-refractivity contribution in [2.24, 2.45) is 0 Å². The Morgan fingerprint density at radius 3 is 2.53 bits per heavy atom. The minimum Gasteiger partial charge on any atom is -0.399 e. The first-order chi connectivity index (χ1) is 7.89. The van der Waals surface area contributed by atoms with Gasteiger partial charge in [-0.25, -0.2) is 12.8 Å². The van der Waals surface area contributed by atoms with Crippen LogP contribution >= 0.6 is 0 Å². The van der Waals surface area contributed by atoms with Crippen LogP contribution in [-0.4, -0.2) is 25.6 Å². The van der Waals surface area contributed by atoms with Crippen molar-refractivity contribution in [1.82, 2.24) is 0 Å². The second-order valence-corrected chi connectivity index (χ2v) is 6.95. The summed E-state index contributed by atoms with van der Waals surface area (Å²) >= 11 is 0. The lowest BCUT2D eigenvalue weighted by atomic mass is 9.93. The van der Waals surface area contributed by atoms with Gasteiger partial charge in [0.05, 0.1) is 11.5 Å². The molecule has 1 aliphatic rings. The van der Waals surface area contributed by atoms with Gasteiger partial charge in [0.25, 0.3) is 0 Å². The van der Waals surface area contributed by atoms with E-state index < -0.39 is 15.5 Å². The monoisotopic (exact) mass is 257 g/mol. The zero-order valence-electron chi connectivity index (χ0n) is 9.52. The third kappa shape index (κ3) is 3.19. The number of anilines is 1. The van der Waals surface area contributed by atoms with Gasteiger partial charge in [-0.05, 0) is 30.5 Å². The van der Waals surface area contributed by atoms with Gasteiger partial charge >= 0.3 is 0 Å². The van der Waals surface area contributed by atoms with Gasteiger partial charge < -0.3 is 5.73 Å². The number of nitrogens with two attached hydrogens (primary N) is 1. The lowest BCUT2D eigenvalue weighted by Crippen LogP contribution is -2.40. The minimum absolute atomic E-state index is 0.112. The topological polar surface area (TPSA) is 60.2 Å². The summed E-state index contributed by atoms with van der Waals surface area (Å²) in [6.07, 6.45) is 0.872. The molecule has 2 rings (SSSR count). The Labute approximate surface area is 101 Å². The van der Waals surface area contributed by atoms with Gasteiger partial charge in [-0.2, -0.15) is 0 Å². The molecule has 5 heteroatoms. The summed E-state index contributed by atoms with van der Waals surface area (Å²) in [5, 5.41) is 0. The third-order valence-electron chi connectivity index (χ3n) is 3.06. The highest BCUT2D eigenvalue weighted by atomic mass is 32.2. The number of hydrogen-bond donors (Lipinski definition) is 1. The van der Waals surface area contributed by atoms with E-state index in [9.17, 15) is 12.8 Å². The molecule has 1 aromatic rings. The van der Waals surface area contributed by atoms with Gasteiger partial charge in [0.2, 0.25) is 0 Å². The molecule has 1 saturated heterocycles. The SMILES string of the molecule is Nc1ccc(CC2(F)CCCS(=O)(=O)C2)cc1. The fourth-order valence-corrected chi connectivity index (χ4v) is 4.05. The Morgan fingerprint density at radius 1 is 1.29 bits per heavy atom. The molecule has 2 N–H and O–H groups in total. The van der Waals surface area contributed by atoms with Crippen molar-refractivity contribution in [2.45, 2.75) is 24.9 Å². The van der Waals surface area contributed by atoms with Gasteiger partial charge in [0, 0.05) is 12.1 Å². The van der Waals surface area contributed by atoms with Crippen LogP contribution in [0.25, 0.3) is 0 Å². The van der Waals surface area contributed by atoms with Gasteiger partial charge in [-0.15, -0.1) is 0 Å². The van der Waals surface area contributed by atoms with Crippen LogP contribution in [0.5, 0.6) is 0 Å². The molecule has 0 spiro atoms. The number of nitrogen functional groups attached to an aromatic ring is 1. The normalized spacial score (nSPS) is 27.8. The van der Waals surface area contributed by atoms with Gasteiger partial charge in [-0.3, -0.25) is 0 Å². The molecular formula is C12H16FNO2S. The molecule has 94 valence electrons. The van der Waals surface area contributed by atoms with Crippen LogP contribution in [0.2, 0.25) is 0 Å². The van der Waals surface area contributed by atoms with Crippen molar-refractivity contribution < 1.29 is 12.8 Å². The maximum absolute atomic E-state index is 14.4. The summed E-state index contributed by atoms with van der Waals surface area (Å²) in [6.45, 7) is 0. The molecule has 1 fully saturated rings. The average Bonchev–Trinajstić information content (AvgIpc) is 2.19. The van der Waals surface area contributed by atoms with E-state index in [4.69, 9.17) is 5.73 Å². The molecule has 0 aromatic heterocycles. The van der Waals surface area contributed by atoms with Crippen LogP contribution in [0.3, 0.4) is 0 Å². The summed E-state index contributed by atoms with van der Waals surface area (Å²) in [7, 11) is -3.22. The largest absolute Gasteiger partial charge is 0.399 e. The van der Waals surface area contributed by atoms with E-state index in [1.807, 2.05) is 0 Å². The Kier molecular flexibility index (Phi) is 3.12. The first kappa shape index (κ1) is 12.4. The lowest BCUT2D eigenvalue weighted by molar-refractivity contribution is 0.171. The molecule has 1 aromatic carbocycles. The van der Waals surface area contributed by atoms with Crippen LogP contribution in [-0.2, 0) is 16.3 Å². The summed E-state index contributed by atoms with van der Waals surface area (Å²) in [5.74, 6) is -0.245. The van der Waals surface area contributed by atoms with Crippen molar-refractivity contribution in [1.29, 1.82) is 0 Å². The molecule has 0 aliphatic carbocycles. The van der Waals surface area contributed by atoms with Gasteiger partial charge in [0.15, 0.2) is 9.84 Å². The van der Waals surface area contributed by atoms with Gasteiger partial charge in [-0.1, -0.05) is 12.1 Å². The summed E-state index contributed by atoms with van der Waals surface area (Å²) in [6, 6.07) is 6.90. The Bertz CT molecular complexity index is 498. The van der Waals surface area contributed by atoms with Gasteiger partial charge in [0.1, 0.15) is 5.67 Å². The quantitative estimate of drug-likeness (QED) is 0.821. The fourth-order valence-electron chi connectivity index (χ4n) is 2.29. The maximum Gasteiger partial charge on any atom is 0.153 e. The second-order valence-electron chi connectivity index (χ2n) is 4.76. The molecule has 0 radical (unpaired) electrons. The average molecular weight is 257 g/mol. The van der Waals surface area contributed by atoms with Crippen molar-refractivity contribution in [3.8, 4) is 0 Å². The van der Waals surface area contributed by atoms with Crippen molar-refractivity contribution in [2.75, 3.05) is 17.2 Å². The van der Waals surface area contributed by atoms with E-state index in [-0.39, 0.29) is 17.9 Å². The summed E-state index contributed by atoms with van der Waals surface area (Å²) in [4.78, 5) is 0. The molecule has 1 aliphatic heterocycles. The number of sulfone groups is 1. The first-order valence-corrected chi connectivity index (χ1v) is 7.45. The van der Waals surface area contributed by atoms with E-state index in [0.717, 1.165) is 5.56 Å². The van der Waals surface area contributed by atoms with Crippen molar-refractivity contribution >= 4 is 15.5 Å². The van der Waals surface area contributed by atoms with Crippen molar-refractivity contribution in [3.63, 3.8) is 0 Å².